The minimum absolute atomic E-state index is 0.00685. The molecule has 1 saturated carbocycles. The first-order valence-electron chi connectivity index (χ1n) is 5.26. The molecule has 4 nitrogen and oxygen atoms in total. The lowest BCUT2D eigenvalue weighted by Crippen LogP contribution is -2.37. The molecule has 0 aromatic rings. The van der Waals surface area contributed by atoms with Crippen LogP contribution < -0.4 is 5.32 Å². The minimum atomic E-state index is -0.108. The van der Waals surface area contributed by atoms with Crippen molar-refractivity contribution in [1.82, 2.24) is 10.2 Å². The summed E-state index contributed by atoms with van der Waals surface area (Å²) in [7, 11) is 0. The zero-order valence-electron chi connectivity index (χ0n) is 8.45. The number of amides is 2. The molecule has 1 N–H and O–H groups in total. The molecule has 0 aromatic heterocycles. The van der Waals surface area contributed by atoms with Crippen molar-refractivity contribution in [2.45, 2.75) is 32.2 Å². The van der Waals surface area contributed by atoms with E-state index in [1.165, 1.54) is 17.7 Å². The largest absolute Gasteiger partial charge is 0.312 e. The molecule has 1 atom stereocenters. The topological polar surface area (TPSA) is 49.4 Å². The van der Waals surface area contributed by atoms with Crippen molar-refractivity contribution in [2.75, 3.05) is 13.1 Å². The maximum absolute atomic E-state index is 11.5. The summed E-state index contributed by atoms with van der Waals surface area (Å²) < 4.78 is 0. The summed E-state index contributed by atoms with van der Waals surface area (Å²) in [5.41, 5.74) is 0. The number of hydrogen-bond acceptors (Lipinski definition) is 3. The molecule has 0 aromatic carbocycles. The Balaban J connectivity index is 1.77. The molecule has 2 amide bonds. The van der Waals surface area contributed by atoms with Gasteiger partial charge in [0, 0.05) is 31.5 Å². The smallest absolute Gasteiger partial charge is 0.232 e. The Morgan fingerprint density at radius 1 is 1.43 bits per heavy atom. The van der Waals surface area contributed by atoms with Gasteiger partial charge in [-0.1, -0.05) is 6.92 Å². The molecule has 1 heterocycles. The van der Waals surface area contributed by atoms with Gasteiger partial charge in [-0.25, -0.2) is 0 Å². The van der Waals surface area contributed by atoms with Crippen LogP contribution in [0.25, 0.3) is 0 Å². The zero-order valence-corrected chi connectivity index (χ0v) is 8.45. The summed E-state index contributed by atoms with van der Waals surface area (Å²) in [6, 6.07) is 0.639. The second kappa shape index (κ2) is 3.69. The average Bonchev–Trinajstić information content (AvgIpc) is 2.90. The van der Waals surface area contributed by atoms with E-state index in [1.807, 2.05) is 6.92 Å². The third-order valence-electron chi connectivity index (χ3n) is 2.82. The van der Waals surface area contributed by atoms with Gasteiger partial charge < -0.3 is 5.32 Å². The number of hydrogen-bond donors (Lipinski definition) is 1. The van der Waals surface area contributed by atoms with E-state index in [1.54, 1.807) is 0 Å². The van der Waals surface area contributed by atoms with Crippen LogP contribution in [0.3, 0.4) is 0 Å². The van der Waals surface area contributed by atoms with Gasteiger partial charge in [0.1, 0.15) is 0 Å². The van der Waals surface area contributed by atoms with Gasteiger partial charge in [-0.2, -0.15) is 0 Å². The highest BCUT2D eigenvalue weighted by Crippen LogP contribution is 2.20. The van der Waals surface area contributed by atoms with Gasteiger partial charge in [-0.05, 0) is 12.8 Å². The Kier molecular flexibility index (Phi) is 2.54. The van der Waals surface area contributed by atoms with Gasteiger partial charge >= 0.3 is 0 Å². The van der Waals surface area contributed by atoms with E-state index in [0.717, 1.165) is 6.54 Å². The second-order valence-corrected chi connectivity index (χ2v) is 4.22. The Labute approximate surface area is 83.6 Å². The summed E-state index contributed by atoms with van der Waals surface area (Å²) in [5.74, 6) is -0.129. The van der Waals surface area contributed by atoms with Crippen LogP contribution in [0.1, 0.15) is 26.2 Å². The molecule has 0 radical (unpaired) electrons. The van der Waals surface area contributed by atoms with Crippen molar-refractivity contribution in [3.63, 3.8) is 0 Å². The first kappa shape index (κ1) is 9.65. The molecule has 0 bridgehead atoms. The molecule has 1 aliphatic heterocycles. The normalized spacial score (nSPS) is 27.5. The highest BCUT2D eigenvalue weighted by Gasteiger charge is 2.35. The SMILES string of the molecule is CC1CC(=O)N(CCNC2CC2)C1=O. The van der Waals surface area contributed by atoms with Crippen molar-refractivity contribution in [3.8, 4) is 0 Å². The Morgan fingerprint density at radius 2 is 2.14 bits per heavy atom. The monoisotopic (exact) mass is 196 g/mol. The van der Waals surface area contributed by atoms with E-state index in [0.29, 0.717) is 19.0 Å². The van der Waals surface area contributed by atoms with Crippen LogP contribution in [0, 0.1) is 5.92 Å². The molecule has 4 heteroatoms. The van der Waals surface area contributed by atoms with Crippen LogP contribution in [-0.2, 0) is 9.59 Å². The van der Waals surface area contributed by atoms with Crippen molar-refractivity contribution >= 4 is 11.8 Å². The summed E-state index contributed by atoms with van der Waals surface area (Å²) >= 11 is 0. The lowest BCUT2D eigenvalue weighted by Gasteiger charge is -2.14. The fourth-order valence-electron chi connectivity index (χ4n) is 1.75. The lowest BCUT2D eigenvalue weighted by atomic mass is 10.1. The molecule has 2 aliphatic rings. The summed E-state index contributed by atoms with van der Waals surface area (Å²) in [6.07, 6.45) is 2.86. The van der Waals surface area contributed by atoms with E-state index in [4.69, 9.17) is 0 Å². The second-order valence-electron chi connectivity index (χ2n) is 4.22. The van der Waals surface area contributed by atoms with Gasteiger partial charge in [-0.3, -0.25) is 14.5 Å². The van der Waals surface area contributed by atoms with Crippen LogP contribution in [0.15, 0.2) is 0 Å². The number of nitrogens with zero attached hydrogens (tertiary/aromatic N) is 1. The van der Waals surface area contributed by atoms with Crippen LogP contribution in [0.2, 0.25) is 0 Å². The van der Waals surface area contributed by atoms with Crippen LogP contribution in [-0.4, -0.2) is 35.8 Å². The Bertz CT molecular complexity index is 261. The number of imide groups is 1. The fourth-order valence-corrected chi connectivity index (χ4v) is 1.75. The maximum atomic E-state index is 11.5. The molecule has 14 heavy (non-hydrogen) atoms. The summed E-state index contributed by atoms with van der Waals surface area (Å²) in [5, 5.41) is 3.29. The van der Waals surface area contributed by atoms with Crippen molar-refractivity contribution in [2.24, 2.45) is 5.92 Å². The first-order chi connectivity index (χ1) is 6.68. The number of carbonyl (C=O) groups is 2. The lowest BCUT2D eigenvalue weighted by molar-refractivity contribution is -0.139. The van der Waals surface area contributed by atoms with Gasteiger partial charge in [0.25, 0.3) is 0 Å². The number of carbonyl (C=O) groups excluding carboxylic acids is 2. The van der Waals surface area contributed by atoms with Gasteiger partial charge in [0.2, 0.25) is 11.8 Å². The third-order valence-corrected chi connectivity index (χ3v) is 2.82. The average molecular weight is 196 g/mol. The van der Waals surface area contributed by atoms with Crippen molar-refractivity contribution < 1.29 is 9.59 Å². The number of nitrogens with one attached hydrogen (secondary N) is 1. The molecule has 0 spiro atoms. The minimum Gasteiger partial charge on any atom is -0.312 e. The van der Waals surface area contributed by atoms with Crippen LogP contribution in [0.5, 0.6) is 0 Å². The maximum Gasteiger partial charge on any atom is 0.232 e. The fraction of sp³-hybridized carbons (Fsp3) is 0.800. The van der Waals surface area contributed by atoms with Crippen LogP contribution >= 0.6 is 0 Å². The van der Waals surface area contributed by atoms with E-state index in [-0.39, 0.29) is 17.7 Å². The molecule has 1 saturated heterocycles. The molecule has 2 fully saturated rings. The van der Waals surface area contributed by atoms with E-state index in [2.05, 4.69) is 5.32 Å². The number of rotatable bonds is 4. The predicted molar refractivity (Wildman–Crippen MR) is 51.5 cm³/mol. The van der Waals surface area contributed by atoms with Crippen molar-refractivity contribution in [1.29, 1.82) is 0 Å². The predicted octanol–water partition coefficient (Wildman–Crippen LogP) is 0.133. The van der Waals surface area contributed by atoms with Crippen molar-refractivity contribution in [3.05, 3.63) is 0 Å². The molecule has 78 valence electrons. The molecular formula is C10H16N2O2. The summed E-state index contributed by atoms with van der Waals surface area (Å²) in [6.45, 7) is 3.10. The standard InChI is InChI=1S/C10H16N2O2/c1-7-6-9(13)12(10(7)14)5-4-11-8-2-3-8/h7-8,11H,2-6H2,1H3. The van der Waals surface area contributed by atoms with Gasteiger partial charge in [0.05, 0.1) is 0 Å². The Morgan fingerprint density at radius 3 is 2.64 bits per heavy atom. The molecule has 1 unspecified atom stereocenters. The molecular weight excluding hydrogens is 180 g/mol. The van der Waals surface area contributed by atoms with E-state index >= 15 is 0 Å². The number of likely N-dealkylation sites (tertiary alicyclic amines) is 1. The first-order valence-corrected chi connectivity index (χ1v) is 5.26. The highest BCUT2D eigenvalue weighted by atomic mass is 16.2. The van der Waals surface area contributed by atoms with Crippen LogP contribution in [0.4, 0.5) is 0 Å². The van der Waals surface area contributed by atoms with Gasteiger partial charge in [0.15, 0.2) is 0 Å². The molecule has 1 aliphatic carbocycles. The zero-order chi connectivity index (χ0) is 10.1. The molecule has 2 rings (SSSR count). The Hall–Kier alpha value is -0.900. The van der Waals surface area contributed by atoms with Gasteiger partial charge in [-0.15, -0.1) is 0 Å². The highest BCUT2D eigenvalue weighted by molar-refractivity contribution is 6.03. The van der Waals surface area contributed by atoms with E-state index < -0.39 is 0 Å². The third kappa shape index (κ3) is 1.95. The quantitative estimate of drug-likeness (QED) is 0.650. The van der Waals surface area contributed by atoms with E-state index in [9.17, 15) is 9.59 Å². The summed E-state index contributed by atoms with van der Waals surface area (Å²) in [4.78, 5) is 24.2.